The summed E-state index contributed by atoms with van der Waals surface area (Å²) in [7, 11) is 0. The van der Waals surface area contributed by atoms with Crippen LogP contribution in [0.4, 0.5) is 0 Å². The van der Waals surface area contributed by atoms with Crippen LogP contribution in [0, 0.1) is 5.92 Å². The van der Waals surface area contributed by atoms with Crippen molar-refractivity contribution in [3.8, 4) is 0 Å². The van der Waals surface area contributed by atoms with Gasteiger partial charge in [-0.1, -0.05) is 23.7 Å². The van der Waals surface area contributed by atoms with Gasteiger partial charge in [0.2, 0.25) is 0 Å². The van der Waals surface area contributed by atoms with Gasteiger partial charge in [0.15, 0.2) is 0 Å². The number of rotatable bonds is 3. The van der Waals surface area contributed by atoms with Gasteiger partial charge in [0.05, 0.1) is 0 Å². The van der Waals surface area contributed by atoms with E-state index >= 15 is 0 Å². The van der Waals surface area contributed by atoms with Crippen LogP contribution in [-0.2, 0) is 11.2 Å². The highest BCUT2D eigenvalue weighted by Gasteiger charge is 2.27. The molecule has 1 aliphatic rings. The minimum Gasteiger partial charge on any atom is -0.328 e. The van der Waals surface area contributed by atoms with Crippen molar-refractivity contribution in [3.63, 3.8) is 0 Å². The van der Waals surface area contributed by atoms with Gasteiger partial charge in [-0.05, 0) is 37.0 Å². The van der Waals surface area contributed by atoms with E-state index < -0.39 is 0 Å². The summed E-state index contributed by atoms with van der Waals surface area (Å²) >= 11 is 5.79. The summed E-state index contributed by atoms with van der Waals surface area (Å²) in [5.74, 6) is 0.487. The SMILES string of the molecule is NC1CCC(C(=O)Cc2ccc(Cl)cc2)C1. The van der Waals surface area contributed by atoms with Crippen molar-refractivity contribution in [1.29, 1.82) is 0 Å². The van der Waals surface area contributed by atoms with Crippen molar-refractivity contribution in [2.24, 2.45) is 11.7 Å². The molecule has 1 fully saturated rings. The highest BCUT2D eigenvalue weighted by Crippen LogP contribution is 2.26. The number of benzene rings is 1. The number of hydrogen-bond donors (Lipinski definition) is 1. The average molecular weight is 238 g/mol. The molecule has 0 bridgehead atoms. The Morgan fingerprint density at radius 2 is 2.00 bits per heavy atom. The molecule has 16 heavy (non-hydrogen) atoms. The van der Waals surface area contributed by atoms with Crippen molar-refractivity contribution >= 4 is 17.4 Å². The highest BCUT2D eigenvalue weighted by molar-refractivity contribution is 6.30. The van der Waals surface area contributed by atoms with Crippen LogP contribution in [0.25, 0.3) is 0 Å². The maximum atomic E-state index is 12.0. The standard InChI is InChI=1S/C13H16ClNO/c14-11-4-1-9(2-5-11)7-13(16)10-3-6-12(15)8-10/h1-2,4-5,10,12H,3,6-8,15H2. The number of hydrogen-bond acceptors (Lipinski definition) is 2. The summed E-state index contributed by atoms with van der Waals surface area (Å²) in [5, 5.41) is 0.707. The Kier molecular flexibility index (Phi) is 3.62. The van der Waals surface area contributed by atoms with Crippen LogP contribution in [0.1, 0.15) is 24.8 Å². The average Bonchev–Trinajstić information content (AvgIpc) is 2.68. The predicted octanol–water partition coefficient (Wildman–Crippen LogP) is 2.58. The Balaban J connectivity index is 1.94. The van der Waals surface area contributed by atoms with Crippen LogP contribution in [0.15, 0.2) is 24.3 Å². The molecule has 0 saturated heterocycles. The van der Waals surface area contributed by atoms with Gasteiger partial charge in [0.1, 0.15) is 5.78 Å². The molecule has 0 radical (unpaired) electrons. The molecule has 2 nitrogen and oxygen atoms in total. The Labute approximate surface area is 101 Å². The lowest BCUT2D eigenvalue weighted by molar-refractivity contribution is -0.122. The number of nitrogens with two attached hydrogens (primary N) is 1. The van der Waals surface area contributed by atoms with E-state index in [0.29, 0.717) is 17.2 Å². The normalized spacial score (nSPS) is 24.6. The van der Waals surface area contributed by atoms with Gasteiger partial charge in [-0.15, -0.1) is 0 Å². The highest BCUT2D eigenvalue weighted by atomic mass is 35.5. The zero-order valence-electron chi connectivity index (χ0n) is 9.16. The molecule has 86 valence electrons. The molecule has 3 heteroatoms. The van der Waals surface area contributed by atoms with Gasteiger partial charge in [-0.3, -0.25) is 4.79 Å². The Bertz CT molecular complexity index is 374. The zero-order chi connectivity index (χ0) is 11.5. The minimum atomic E-state index is 0.172. The quantitative estimate of drug-likeness (QED) is 0.878. The monoisotopic (exact) mass is 237 g/mol. The molecule has 1 aromatic carbocycles. The summed E-state index contributed by atoms with van der Waals surface area (Å²) in [5.41, 5.74) is 6.84. The second-order valence-corrected chi connectivity index (χ2v) is 4.98. The maximum absolute atomic E-state index is 12.0. The number of halogens is 1. The molecule has 1 aromatic rings. The number of Topliss-reactive ketones (excluding diaryl/α,β-unsaturated/α-hetero) is 1. The summed E-state index contributed by atoms with van der Waals surface area (Å²) in [4.78, 5) is 12.0. The number of carbonyl (C=O) groups excluding carboxylic acids is 1. The third kappa shape index (κ3) is 2.83. The number of ketones is 1. The molecular weight excluding hydrogens is 222 g/mol. The summed E-state index contributed by atoms with van der Waals surface area (Å²) in [6.07, 6.45) is 3.30. The second kappa shape index (κ2) is 4.98. The van der Waals surface area contributed by atoms with Crippen molar-refractivity contribution in [2.75, 3.05) is 0 Å². The van der Waals surface area contributed by atoms with Gasteiger partial charge >= 0.3 is 0 Å². The molecule has 2 N–H and O–H groups in total. The first kappa shape index (κ1) is 11.6. The van der Waals surface area contributed by atoms with Gasteiger partial charge in [-0.25, -0.2) is 0 Å². The predicted molar refractivity (Wildman–Crippen MR) is 65.5 cm³/mol. The minimum absolute atomic E-state index is 0.172. The fraction of sp³-hybridized carbons (Fsp3) is 0.462. The van der Waals surface area contributed by atoms with Crippen LogP contribution < -0.4 is 5.73 Å². The lowest BCUT2D eigenvalue weighted by Crippen LogP contribution is -2.19. The summed E-state index contributed by atoms with van der Waals surface area (Å²) < 4.78 is 0. The molecule has 0 spiro atoms. The molecule has 0 aliphatic heterocycles. The van der Waals surface area contributed by atoms with Gasteiger partial charge in [0.25, 0.3) is 0 Å². The maximum Gasteiger partial charge on any atom is 0.140 e. The van der Waals surface area contributed by atoms with Crippen LogP contribution in [0.2, 0.25) is 5.02 Å². The van der Waals surface area contributed by atoms with E-state index in [1.54, 1.807) is 0 Å². The molecular formula is C13H16ClNO. The van der Waals surface area contributed by atoms with Crippen LogP contribution in [0.5, 0.6) is 0 Å². The van der Waals surface area contributed by atoms with Crippen LogP contribution in [0.3, 0.4) is 0 Å². The first-order valence-electron chi connectivity index (χ1n) is 5.68. The van der Waals surface area contributed by atoms with E-state index in [4.69, 9.17) is 17.3 Å². The molecule has 2 unspecified atom stereocenters. The largest absolute Gasteiger partial charge is 0.328 e. The fourth-order valence-electron chi connectivity index (χ4n) is 2.26. The fourth-order valence-corrected chi connectivity index (χ4v) is 2.38. The Morgan fingerprint density at radius 1 is 1.31 bits per heavy atom. The molecule has 2 rings (SSSR count). The van der Waals surface area contributed by atoms with Crippen molar-refractivity contribution in [1.82, 2.24) is 0 Å². The first-order valence-corrected chi connectivity index (χ1v) is 6.05. The van der Waals surface area contributed by atoms with E-state index in [1.165, 1.54) is 0 Å². The molecule has 0 heterocycles. The smallest absolute Gasteiger partial charge is 0.140 e. The van der Waals surface area contributed by atoms with Crippen LogP contribution in [-0.4, -0.2) is 11.8 Å². The van der Waals surface area contributed by atoms with Crippen molar-refractivity contribution in [2.45, 2.75) is 31.7 Å². The third-order valence-corrected chi connectivity index (χ3v) is 3.47. The first-order chi connectivity index (χ1) is 7.65. The van der Waals surface area contributed by atoms with E-state index in [0.717, 1.165) is 24.8 Å². The van der Waals surface area contributed by atoms with E-state index in [9.17, 15) is 4.79 Å². The van der Waals surface area contributed by atoms with E-state index in [1.807, 2.05) is 24.3 Å². The lowest BCUT2D eigenvalue weighted by atomic mass is 9.96. The molecule has 0 amide bonds. The van der Waals surface area contributed by atoms with E-state index in [2.05, 4.69) is 0 Å². The topological polar surface area (TPSA) is 43.1 Å². The molecule has 1 saturated carbocycles. The number of carbonyl (C=O) groups is 1. The van der Waals surface area contributed by atoms with Gasteiger partial charge in [-0.2, -0.15) is 0 Å². The molecule has 1 aliphatic carbocycles. The van der Waals surface area contributed by atoms with Crippen molar-refractivity contribution in [3.05, 3.63) is 34.9 Å². The lowest BCUT2D eigenvalue weighted by Gasteiger charge is -2.08. The molecule has 2 atom stereocenters. The van der Waals surface area contributed by atoms with Crippen molar-refractivity contribution < 1.29 is 4.79 Å². The summed E-state index contributed by atoms with van der Waals surface area (Å²) in [6, 6.07) is 7.69. The van der Waals surface area contributed by atoms with Gasteiger partial charge < -0.3 is 5.73 Å². The summed E-state index contributed by atoms with van der Waals surface area (Å²) in [6.45, 7) is 0. The Hall–Kier alpha value is -0.860. The van der Waals surface area contributed by atoms with Gasteiger partial charge in [0, 0.05) is 23.4 Å². The zero-order valence-corrected chi connectivity index (χ0v) is 9.91. The van der Waals surface area contributed by atoms with E-state index in [-0.39, 0.29) is 12.0 Å². The third-order valence-electron chi connectivity index (χ3n) is 3.22. The second-order valence-electron chi connectivity index (χ2n) is 4.54. The molecule has 0 aromatic heterocycles. The Morgan fingerprint density at radius 3 is 2.56 bits per heavy atom. The van der Waals surface area contributed by atoms with Crippen LogP contribution >= 0.6 is 11.6 Å².